The van der Waals surface area contributed by atoms with Crippen LogP contribution < -0.4 is 0 Å². The monoisotopic (exact) mass is 300 g/mol. The number of hydrogen-bond donors (Lipinski definition) is 0. The molecule has 2 aliphatic heterocycles. The Balaban J connectivity index is 2.02. The molecule has 0 aromatic rings. The van der Waals surface area contributed by atoms with Crippen molar-refractivity contribution in [2.24, 2.45) is 10.9 Å². The van der Waals surface area contributed by atoms with Crippen LogP contribution >= 0.6 is 15.9 Å². The van der Waals surface area contributed by atoms with E-state index >= 15 is 0 Å². The Morgan fingerprint density at radius 1 is 1.65 bits per heavy atom. The van der Waals surface area contributed by atoms with Crippen molar-refractivity contribution in [1.82, 2.24) is 4.90 Å². The lowest BCUT2D eigenvalue weighted by molar-refractivity contribution is -0.147. The van der Waals surface area contributed by atoms with Gasteiger partial charge in [0.25, 0.3) is 0 Å². The van der Waals surface area contributed by atoms with E-state index < -0.39 is 0 Å². The fourth-order valence-electron chi connectivity index (χ4n) is 2.38. The third-order valence-corrected chi connectivity index (χ3v) is 3.76. The van der Waals surface area contributed by atoms with Crippen LogP contribution in [0.5, 0.6) is 0 Å². The van der Waals surface area contributed by atoms with Gasteiger partial charge in [-0.2, -0.15) is 0 Å². The van der Waals surface area contributed by atoms with Crippen LogP contribution in [0.3, 0.4) is 0 Å². The van der Waals surface area contributed by atoms with Crippen LogP contribution in [-0.4, -0.2) is 42.2 Å². The summed E-state index contributed by atoms with van der Waals surface area (Å²) in [6, 6.07) is 0. The highest BCUT2D eigenvalue weighted by Gasteiger charge is 2.27. The Morgan fingerprint density at radius 2 is 2.47 bits per heavy atom. The summed E-state index contributed by atoms with van der Waals surface area (Å²) >= 11 is 3.41. The van der Waals surface area contributed by atoms with Gasteiger partial charge in [-0.1, -0.05) is 0 Å². The summed E-state index contributed by atoms with van der Waals surface area (Å²) in [5.74, 6) is -0.0638. The summed E-state index contributed by atoms with van der Waals surface area (Å²) in [5.41, 5.74) is 1.28. The van der Waals surface area contributed by atoms with Gasteiger partial charge in [0.05, 0.1) is 13.0 Å². The largest absolute Gasteiger partial charge is 0.469 e. The Hall–Kier alpha value is -0.840. The van der Waals surface area contributed by atoms with Crippen LogP contribution in [-0.2, 0) is 9.53 Å². The predicted octanol–water partition coefficient (Wildman–Crippen LogP) is 1.95. The van der Waals surface area contributed by atoms with Gasteiger partial charge in [0, 0.05) is 31.8 Å². The lowest BCUT2D eigenvalue weighted by Gasteiger charge is -2.35. The molecule has 2 heterocycles. The first-order valence-electron chi connectivity index (χ1n) is 5.94. The number of carbonyl (C=O) groups is 1. The summed E-state index contributed by atoms with van der Waals surface area (Å²) in [5, 5.41) is 0. The maximum Gasteiger partial charge on any atom is 0.310 e. The maximum absolute atomic E-state index is 11.6. The molecule has 0 N–H and O–H groups in total. The summed E-state index contributed by atoms with van der Waals surface area (Å²) in [6.07, 6.45) is 5.00. The van der Waals surface area contributed by atoms with Gasteiger partial charge in [0.15, 0.2) is 0 Å². The van der Waals surface area contributed by atoms with Crippen molar-refractivity contribution in [3.05, 3.63) is 11.8 Å². The van der Waals surface area contributed by atoms with Gasteiger partial charge in [0.2, 0.25) is 0 Å². The van der Waals surface area contributed by atoms with Crippen molar-refractivity contribution in [2.75, 3.05) is 26.7 Å². The van der Waals surface area contributed by atoms with E-state index in [1.165, 1.54) is 12.8 Å². The third kappa shape index (κ3) is 3.09. The number of esters is 1. The quantitative estimate of drug-likeness (QED) is 0.732. The van der Waals surface area contributed by atoms with Crippen LogP contribution in [0.4, 0.5) is 0 Å². The molecule has 0 aromatic heterocycles. The molecule has 0 radical (unpaired) electrons. The van der Waals surface area contributed by atoms with Crippen molar-refractivity contribution in [3.8, 4) is 0 Å². The maximum atomic E-state index is 11.6. The number of halogens is 1. The van der Waals surface area contributed by atoms with E-state index in [1.807, 2.05) is 0 Å². The second-order valence-corrected chi connectivity index (χ2v) is 5.21. The molecule has 17 heavy (non-hydrogen) atoms. The van der Waals surface area contributed by atoms with Crippen molar-refractivity contribution in [3.63, 3.8) is 0 Å². The molecule has 5 heteroatoms. The van der Waals surface area contributed by atoms with Crippen LogP contribution in [0.2, 0.25) is 0 Å². The van der Waals surface area contributed by atoms with E-state index in [9.17, 15) is 4.79 Å². The van der Waals surface area contributed by atoms with Crippen molar-refractivity contribution in [1.29, 1.82) is 0 Å². The fraction of sp³-hybridized carbons (Fsp3) is 0.667. The van der Waals surface area contributed by atoms with Gasteiger partial charge < -0.3 is 9.64 Å². The molecule has 4 nitrogen and oxygen atoms in total. The number of rotatable bonds is 2. The topological polar surface area (TPSA) is 41.9 Å². The minimum Gasteiger partial charge on any atom is -0.469 e. The highest BCUT2D eigenvalue weighted by Crippen LogP contribution is 2.24. The summed E-state index contributed by atoms with van der Waals surface area (Å²) in [4.78, 5) is 18.1. The lowest BCUT2D eigenvalue weighted by atomic mass is 9.97. The van der Waals surface area contributed by atoms with Crippen LogP contribution in [0, 0.1) is 5.92 Å². The van der Waals surface area contributed by atoms with E-state index in [0.29, 0.717) is 0 Å². The van der Waals surface area contributed by atoms with E-state index in [2.05, 4.69) is 31.9 Å². The number of aliphatic imine (C=N–C) groups is 1. The van der Waals surface area contributed by atoms with E-state index in [1.54, 1.807) is 0 Å². The number of ether oxygens (including phenoxy) is 1. The molecule has 94 valence electrons. The average molecular weight is 301 g/mol. The van der Waals surface area contributed by atoms with Crippen molar-refractivity contribution in [2.45, 2.75) is 19.3 Å². The van der Waals surface area contributed by atoms with Gasteiger partial charge in [-0.25, -0.2) is 0 Å². The van der Waals surface area contributed by atoms with Crippen LogP contribution in [0.25, 0.3) is 0 Å². The Kier molecular flexibility index (Phi) is 4.20. The number of allylic oxidation sites excluding steroid dienone is 1. The number of methoxy groups -OCH3 is 1. The molecule has 0 aromatic carbocycles. The number of hydrogen-bond acceptors (Lipinski definition) is 4. The van der Waals surface area contributed by atoms with E-state index in [-0.39, 0.29) is 11.9 Å². The summed E-state index contributed by atoms with van der Waals surface area (Å²) < 4.78 is 5.73. The molecule has 0 bridgehead atoms. The Morgan fingerprint density at radius 3 is 3.18 bits per heavy atom. The van der Waals surface area contributed by atoms with Gasteiger partial charge in [-0.05, 0) is 34.8 Å². The van der Waals surface area contributed by atoms with Crippen molar-refractivity contribution < 1.29 is 9.53 Å². The molecular weight excluding hydrogens is 284 g/mol. The molecule has 1 saturated heterocycles. The standard InChI is InChI=1S/C12H17BrN2O2/c1-17-12(16)9-3-2-6-15(8-9)10-4-5-14-11(13)7-10/h7,9H,2-6,8H2,1H3. The van der Waals surface area contributed by atoms with Gasteiger partial charge in [-0.3, -0.25) is 9.79 Å². The number of dihydropyridines is 1. The van der Waals surface area contributed by atoms with Crippen LogP contribution in [0.15, 0.2) is 16.8 Å². The van der Waals surface area contributed by atoms with Gasteiger partial charge >= 0.3 is 5.97 Å². The average Bonchev–Trinajstić information content (AvgIpc) is 2.38. The Labute approximate surface area is 110 Å². The highest BCUT2D eigenvalue weighted by molar-refractivity contribution is 9.18. The zero-order valence-corrected chi connectivity index (χ0v) is 11.6. The van der Waals surface area contributed by atoms with E-state index in [4.69, 9.17) is 4.74 Å². The summed E-state index contributed by atoms with van der Waals surface area (Å²) in [7, 11) is 1.46. The molecule has 0 spiro atoms. The predicted molar refractivity (Wildman–Crippen MR) is 70.2 cm³/mol. The number of nitrogens with zero attached hydrogens (tertiary/aromatic N) is 2. The van der Waals surface area contributed by atoms with Gasteiger partial charge in [-0.15, -0.1) is 0 Å². The minimum atomic E-state index is -0.0844. The molecule has 1 fully saturated rings. The molecular formula is C12H17BrN2O2. The second-order valence-electron chi connectivity index (χ2n) is 4.40. The molecule has 2 aliphatic rings. The van der Waals surface area contributed by atoms with Crippen molar-refractivity contribution >= 4 is 26.5 Å². The molecule has 0 aliphatic carbocycles. The summed E-state index contributed by atoms with van der Waals surface area (Å²) in [6.45, 7) is 2.63. The lowest BCUT2D eigenvalue weighted by Crippen LogP contribution is -2.39. The first-order chi connectivity index (χ1) is 8.20. The first kappa shape index (κ1) is 12.6. The first-order valence-corrected chi connectivity index (χ1v) is 6.73. The minimum absolute atomic E-state index is 0.0206. The number of carbonyl (C=O) groups excluding carboxylic acids is 1. The normalized spacial score (nSPS) is 25.1. The number of likely N-dealkylation sites (tertiary alicyclic amines) is 1. The van der Waals surface area contributed by atoms with E-state index in [0.717, 1.165) is 43.5 Å². The smallest absolute Gasteiger partial charge is 0.310 e. The molecule has 0 saturated carbocycles. The second kappa shape index (κ2) is 5.67. The zero-order chi connectivity index (χ0) is 12.3. The van der Waals surface area contributed by atoms with Gasteiger partial charge in [0.1, 0.15) is 4.62 Å². The zero-order valence-electron chi connectivity index (χ0n) is 9.99. The highest BCUT2D eigenvalue weighted by atomic mass is 79.9. The molecule has 0 amide bonds. The molecule has 1 atom stereocenters. The third-order valence-electron chi connectivity index (χ3n) is 3.28. The fourth-order valence-corrected chi connectivity index (χ4v) is 2.82. The SMILES string of the molecule is COC(=O)C1CCCN(C2=CC(Br)=NCC2)C1. The number of piperidine rings is 1. The molecule has 1 unspecified atom stereocenters. The molecule has 2 rings (SSSR count). The van der Waals surface area contributed by atoms with Crippen LogP contribution in [0.1, 0.15) is 19.3 Å². The Bertz CT molecular complexity index is 366.